The summed E-state index contributed by atoms with van der Waals surface area (Å²) in [5.41, 5.74) is 0.284. The number of H-pyrrole nitrogens is 1. The highest BCUT2D eigenvalue weighted by Crippen LogP contribution is 2.51. The van der Waals surface area contributed by atoms with Crippen molar-refractivity contribution in [2.24, 2.45) is 11.3 Å². The predicted molar refractivity (Wildman–Crippen MR) is 60.4 cm³/mol. The van der Waals surface area contributed by atoms with Crippen LogP contribution in [-0.4, -0.2) is 24.9 Å². The van der Waals surface area contributed by atoms with Crippen LogP contribution in [0.25, 0.3) is 0 Å². The van der Waals surface area contributed by atoms with Crippen molar-refractivity contribution in [1.29, 1.82) is 0 Å². The zero-order chi connectivity index (χ0) is 12.0. The first-order valence-electron chi connectivity index (χ1n) is 5.32. The van der Waals surface area contributed by atoms with Crippen molar-refractivity contribution in [3.63, 3.8) is 0 Å². The summed E-state index contributed by atoms with van der Waals surface area (Å²) in [6, 6.07) is 0. The van der Waals surface area contributed by atoms with Crippen LogP contribution in [-0.2, 0) is 10.0 Å². The lowest BCUT2D eigenvalue weighted by Gasteiger charge is -2.05. The second-order valence-corrected chi connectivity index (χ2v) is 6.81. The van der Waals surface area contributed by atoms with Gasteiger partial charge in [0.2, 0.25) is 0 Å². The Morgan fingerprint density at radius 2 is 2.25 bits per heavy atom. The van der Waals surface area contributed by atoms with Gasteiger partial charge in [0.15, 0.2) is 5.03 Å². The Morgan fingerprint density at radius 1 is 1.62 bits per heavy atom. The number of rotatable bonds is 4. The Morgan fingerprint density at radius 3 is 2.69 bits per heavy atom. The number of aromatic nitrogens is 2. The maximum absolute atomic E-state index is 11.8. The quantitative estimate of drug-likeness (QED) is 0.829. The van der Waals surface area contributed by atoms with Crippen LogP contribution in [0.3, 0.4) is 0 Å². The average molecular weight is 243 g/mol. The van der Waals surface area contributed by atoms with E-state index in [1.165, 1.54) is 6.20 Å². The first-order valence-corrected chi connectivity index (χ1v) is 6.81. The smallest absolute Gasteiger partial charge is 0.257 e. The van der Waals surface area contributed by atoms with E-state index in [0.717, 1.165) is 6.42 Å². The van der Waals surface area contributed by atoms with Crippen molar-refractivity contribution in [2.75, 3.05) is 6.54 Å². The van der Waals surface area contributed by atoms with Gasteiger partial charge in [0, 0.05) is 6.54 Å². The van der Waals surface area contributed by atoms with Crippen LogP contribution < -0.4 is 4.72 Å². The Kier molecular flexibility index (Phi) is 2.58. The van der Waals surface area contributed by atoms with Gasteiger partial charge in [-0.25, -0.2) is 18.1 Å². The Balaban J connectivity index is 1.99. The monoisotopic (exact) mass is 243 g/mol. The van der Waals surface area contributed by atoms with Crippen LogP contribution in [0.2, 0.25) is 0 Å². The van der Waals surface area contributed by atoms with Gasteiger partial charge in [-0.3, -0.25) is 0 Å². The highest BCUT2D eigenvalue weighted by atomic mass is 32.2. The summed E-state index contributed by atoms with van der Waals surface area (Å²) < 4.78 is 26.2. The van der Waals surface area contributed by atoms with Crippen LogP contribution in [0.1, 0.15) is 26.1 Å². The summed E-state index contributed by atoms with van der Waals surface area (Å²) in [5.74, 6) is 1.05. The van der Waals surface area contributed by atoms with Crippen molar-refractivity contribution < 1.29 is 8.42 Å². The van der Waals surface area contributed by atoms with Gasteiger partial charge < -0.3 is 4.98 Å². The molecule has 0 radical (unpaired) electrons. The number of aryl methyl sites for hydroxylation is 1. The minimum atomic E-state index is -3.41. The molecule has 1 aromatic heterocycles. The molecular formula is C10H17N3O2S. The standard InChI is InChI=1S/C10H17N3O2S/c1-7-11-6-9(13-7)16(14,15)12-5-8-4-10(8,2)3/h6,8,12H,4-5H2,1-3H3,(H,11,13). The molecule has 1 atom stereocenters. The molecule has 1 fully saturated rings. The van der Waals surface area contributed by atoms with E-state index in [2.05, 4.69) is 28.5 Å². The minimum Gasteiger partial charge on any atom is -0.332 e. The third-order valence-corrected chi connectivity index (χ3v) is 4.54. The molecule has 16 heavy (non-hydrogen) atoms. The van der Waals surface area contributed by atoms with Gasteiger partial charge in [-0.1, -0.05) is 13.8 Å². The molecule has 1 saturated carbocycles. The van der Waals surface area contributed by atoms with E-state index < -0.39 is 10.0 Å². The van der Waals surface area contributed by atoms with Gasteiger partial charge in [0.05, 0.1) is 6.20 Å². The molecule has 0 aliphatic heterocycles. The number of hydrogen-bond donors (Lipinski definition) is 2. The fraction of sp³-hybridized carbons (Fsp3) is 0.700. The van der Waals surface area contributed by atoms with Crippen LogP contribution in [0.15, 0.2) is 11.2 Å². The van der Waals surface area contributed by atoms with Crippen molar-refractivity contribution >= 4 is 10.0 Å². The first-order chi connectivity index (χ1) is 7.31. The van der Waals surface area contributed by atoms with Gasteiger partial charge >= 0.3 is 0 Å². The lowest BCUT2D eigenvalue weighted by Crippen LogP contribution is -2.27. The summed E-state index contributed by atoms with van der Waals surface area (Å²) in [6.07, 6.45) is 2.42. The zero-order valence-electron chi connectivity index (χ0n) is 9.74. The Bertz CT molecular complexity index is 490. The largest absolute Gasteiger partial charge is 0.332 e. The van der Waals surface area contributed by atoms with E-state index in [-0.39, 0.29) is 10.4 Å². The third kappa shape index (κ3) is 2.27. The molecule has 1 aliphatic rings. The first kappa shape index (κ1) is 11.6. The number of imidazole rings is 1. The van der Waals surface area contributed by atoms with Gasteiger partial charge in [-0.05, 0) is 24.7 Å². The van der Waals surface area contributed by atoms with Gasteiger partial charge in [0.25, 0.3) is 10.0 Å². The van der Waals surface area contributed by atoms with E-state index in [9.17, 15) is 8.42 Å². The molecule has 1 heterocycles. The molecule has 1 aromatic rings. The van der Waals surface area contributed by atoms with E-state index in [1.807, 2.05) is 0 Å². The molecule has 1 aliphatic carbocycles. The van der Waals surface area contributed by atoms with E-state index >= 15 is 0 Å². The van der Waals surface area contributed by atoms with Crippen molar-refractivity contribution in [3.05, 3.63) is 12.0 Å². The molecule has 0 bridgehead atoms. The molecule has 5 nitrogen and oxygen atoms in total. The maximum atomic E-state index is 11.8. The number of hydrogen-bond acceptors (Lipinski definition) is 3. The number of nitrogens with one attached hydrogen (secondary N) is 2. The van der Waals surface area contributed by atoms with E-state index in [4.69, 9.17) is 0 Å². The summed E-state index contributed by atoms with van der Waals surface area (Å²) in [6.45, 7) is 6.52. The lowest BCUT2D eigenvalue weighted by molar-refractivity contribution is 0.536. The zero-order valence-corrected chi connectivity index (χ0v) is 10.6. The highest BCUT2D eigenvalue weighted by molar-refractivity contribution is 7.89. The molecule has 2 N–H and O–H groups in total. The number of nitrogens with zero attached hydrogens (tertiary/aromatic N) is 1. The van der Waals surface area contributed by atoms with Gasteiger partial charge in [-0.2, -0.15) is 0 Å². The Hall–Kier alpha value is -0.880. The topological polar surface area (TPSA) is 74.8 Å². The molecule has 6 heteroatoms. The fourth-order valence-corrected chi connectivity index (χ4v) is 2.80. The molecule has 1 unspecified atom stereocenters. The molecule has 0 saturated heterocycles. The lowest BCUT2D eigenvalue weighted by atomic mass is 10.1. The second kappa shape index (κ2) is 3.56. The summed E-state index contributed by atoms with van der Waals surface area (Å²) in [7, 11) is -3.41. The fourth-order valence-electron chi connectivity index (χ4n) is 1.75. The minimum absolute atomic E-state index is 0.142. The van der Waals surface area contributed by atoms with Crippen LogP contribution in [0.5, 0.6) is 0 Å². The number of aromatic amines is 1. The maximum Gasteiger partial charge on any atom is 0.257 e. The van der Waals surface area contributed by atoms with Crippen molar-refractivity contribution in [3.8, 4) is 0 Å². The highest BCUT2D eigenvalue weighted by Gasteiger charge is 2.45. The van der Waals surface area contributed by atoms with Gasteiger partial charge in [0.1, 0.15) is 5.82 Å². The van der Waals surface area contributed by atoms with Crippen LogP contribution in [0, 0.1) is 18.3 Å². The van der Waals surface area contributed by atoms with Crippen molar-refractivity contribution in [2.45, 2.75) is 32.2 Å². The molecular weight excluding hydrogens is 226 g/mol. The molecule has 0 amide bonds. The Labute approximate surface area is 95.7 Å². The van der Waals surface area contributed by atoms with Crippen LogP contribution >= 0.6 is 0 Å². The average Bonchev–Trinajstić information content (AvgIpc) is 2.59. The van der Waals surface area contributed by atoms with Gasteiger partial charge in [-0.15, -0.1) is 0 Å². The molecule has 90 valence electrons. The molecule has 2 rings (SSSR count). The SMILES string of the molecule is Cc1ncc(S(=O)(=O)NCC2CC2(C)C)[nH]1. The molecule has 0 aromatic carbocycles. The second-order valence-electron chi connectivity index (χ2n) is 5.07. The third-order valence-electron chi connectivity index (χ3n) is 3.21. The van der Waals surface area contributed by atoms with E-state index in [0.29, 0.717) is 18.3 Å². The summed E-state index contributed by atoms with van der Waals surface area (Å²) in [4.78, 5) is 6.60. The van der Waals surface area contributed by atoms with E-state index in [1.54, 1.807) is 6.92 Å². The molecule has 0 spiro atoms. The normalized spacial score (nSPS) is 23.3. The summed E-state index contributed by atoms with van der Waals surface area (Å²) in [5, 5.41) is 0.142. The summed E-state index contributed by atoms with van der Waals surface area (Å²) >= 11 is 0. The van der Waals surface area contributed by atoms with Crippen LogP contribution in [0.4, 0.5) is 0 Å². The van der Waals surface area contributed by atoms with Crippen molar-refractivity contribution in [1.82, 2.24) is 14.7 Å². The predicted octanol–water partition coefficient (Wildman–Crippen LogP) is 1.04. The number of sulfonamides is 1.